The van der Waals surface area contributed by atoms with Crippen molar-refractivity contribution in [3.63, 3.8) is 0 Å². The van der Waals surface area contributed by atoms with E-state index in [4.69, 9.17) is 4.74 Å². The maximum absolute atomic E-state index is 12.0. The third-order valence-corrected chi connectivity index (χ3v) is 8.12. The lowest BCUT2D eigenvalue weighted by Crippen LogP contribution is -2.28. The molecular formula is C26H40O6S2. The Morgan fingerprint density at radius 1 is 0.853 bits per heavy atom. The van der Waals surface area contributed by atoms with Crippen molar-refractivity contribution in [1.29, 1.82) is 0 Å². The van der Waals surface area contributed by atoms with Gasteiger partial charge in [0.05, 0.1) is 34.4 Å². The topological polar surface area (TPSA) is 101 Å². The third-order valence-electron chi connectivity index (χ3n) is 5.23. The summed E-state index contributed by atoms with van der Waals surface area (Å²) in [6, 6.07) is 16.7. The number of benzene rings is 2. The van der Waals surface area contributed by atoms with Crippen LogP contribution in [0.15, 0.2) is 70.5 Å². The molecule has 0 radical (unpaired) electrons. The SMILES string of the molecule is CC(C)(C)[C@@H](O)CCS(=O)(=O)c1ccccc1.CC(C)(C)[C@@H]1CO1.CS(=O)(=O)c1ccccc1. The molecule has 1 aliphatic heterocycles. The van der Waals surface area contributed by atoms with Gasteiger partial charge in [-0.25, -0.2) is 16.8 Å². The molecule has 0 saturated carbocycles. The summed E-state index contributed by atoms with van der Waals surface area (Å²) >= 11 is 0. The van der Waals surface area contributed by atoms with Gasteiger partial charge in [-0.05, 0) is 41.5 Å². The van der Waals surface area contributed by atoms with Crippen molar-refractivity contribution in [2.45, 2.75) is 70.0 Å². The van der Waals surface area contributed by atoms with Crippen LogP contribution in [0.1, 0.15) is 48.0 Å². The first-order valence-electron chi connectivity index (χ1n) is 11.3. The van der Waals surface area contributed by atoms with Gasteiger partial charge in [0, 0.05) is 6.26 Å². The van der Waals surface area contributed by atoms with Gasteiger partial charge in [0.1, 0.15) is 0 Å². The summed E-state index contributed by atoms with van der Waals surface area (Å²) in [4.78, 5) is 0.691. The normalized spacial score (nSPS) is 16.9. The van der Waals surface area contributed by atoms with E-state index in [-0.39, 0.29) is 17.6 Å². The zero-order valence-corrected chi connectivity index (χ0v) is 23.0. The van der Waals surface area contributed by atoms with Crippen molar-refractivity contribution in [2.24, 2.45) is 10.8 Å². The molecule has 1 N–H and O–H groups in total. The van der Waals surface area contributed by atoms with Crippen LogP contribution >= 0.6 is 0 Å². The average Bonchev–Trinajstić information content (AvgIpc) is 3.59. The lowest BCUT2D eigenvalue weighted by Gasteiger charge is -2.25. The van der Waals surface area contributed by atoms with E-state index in [1.165, 1.54) is 6.26 Å². The van der Waals surface area contributed by atoms with Crippen LogP contribution in [0.3, 0.4) is 0 Å². The van der Waals surface area contributed by atoms with Crippen molar-refractivity contribution in [3.05, 3.63) is 60.7 Å². The number of sulfone groups is 2. The van der Waals surface area contributed by atoms with Crippen molar-refractivity contribution in [2.75, 3.05) is 18.6 Å². The third kappa shape index (κ3) is 11.6. The average molecular weight is 513 g/mol. The molecule has 2 aromatic rings. The van der Waals surface area contributed by atoms with Gasteiger partial charge < -0.3 is 9.84 Å². The largest absolute Gasteiger partial charge is 0.393 e. The molecule has 1 saturated heterocycles. The Labute approximate surface area is 206 Å². The number of epoxide rings is 1. The zero-order chi connectivity index (χ0) is 26.2. The molecule has 0 spiro atoms. The monoisotopic (exact) mass is 512 g/mol. The van der Waals surface area contributed by atoms with E-state index in [0.717, 1.165) is 6.61 Å². The molecule has 2 aromatic carbocycles. The van der Waals surface area contributed by atoms with E-state index in [2.05, 4.69) is 20.8 Å². The van der Waals surface area contributed by atoms with Gasteiger partial charge in [-0.3, -0.25) is 0 Å². The van der Waals surface area contributed by atoms with E-state index >= 15 is 0 Å². The van der Waals surface area contributed by atoms with Crippen molar-refractivity contribution >= 4 is 19.7 Å². The highest BCUT2D eigenvalue weighted by molar-refractivity contribution is 7.91. The first-order chi connectivity index (χ1) is 15.4. The Morgan fingerprint density at radius 2 is 1.26 bits per heavy atom. The molecule has 34 heavy (non-hydrogen) atoms. The molecular weight excluding hydrogens is 472 g/mol. The Morgan fingerprint density at radius 3 is 1.53 bits per heavy atom. The minimum Gasteiger partial charge on any atom is -0.393 e. The summed E-state index contributed by atoms with van der Waals surface area (Å²) in [5, 5.41) is 9.83. The second-order valence-electron chi connectivity index (χ2n) is 10.6. The fourth-order valence-corrected chi connectivity index (χ4v) is 4.65. The Kier molecular flexibility index (Phi) is 10.9. The fourth-order valence-electron chi connectivity index (χ4n) is 2.66. The Balaban J connectivity index is 0.000000285. The Hall–Kier alpha value is -1.74. The minimum absolute atomic E-state index is 0.0184. The number of aliphatic hydroxyl groups is 1. The molecule has 1 fully saturated rings. The number of ether oxygens (including phenoxy) is 1. The van der Waals surface area contributed by atoms with Crippen molar-refractivity contribution in [3.8, 4) is 0 Å². The van der Waals surface area contributed by atoms with Crippen molar-refractivity contribution < 1.29 is 26.7 Å². The van der Waals surface area contributed by atoms with Crippen LogP contribution in [0.4, 0.5) is 0 Å². The molecule has 2 atom stereocenters. The van der Waals surface area contributed by atoms with E-state index in [1.807, 2.05) is 20.8 Å². The molecule has 0 unspecified atom stereocenters. The molecule has 0 aliphatic carbocycles. The zero-order valence-electron chi connectivity index (χ0n) is 21.4. The van der Waals surface area contributed by atoms with Crippen LogP contribution in [-0.2, 0) is 24.4 Å². The quantitative estimate of drug-likeness (QED) is 0.579. The van der Waals surface area contributed by atoms with Crippen LogP contribution in [0.2, 0.25) is 0 Å². The summed E-state index contributed by atoms with van der Waals surface area (Å²) < 4.78 is 50.6. The van der Waals surface area contributed by atoms with Gasteiger partial charge in [-0.15, -0.1) is 0 Å². The first-order valence-corrected chi connectivity index (χ1v) is 14.8. The van der Waals surface area contributed by atoms with Crippen LogP contribution in [0, 0.1) is 10.8 Å². The van der Waals surface area contributed by atoms with Gasteiger partial charge in [-0.2, -0.15) is 0 Å². The molecule has 0 aromatic heterocycles. The summed E-state index contributed by atoms with van der Waals surface area (Å²) in [6.07, 6.45) is 1.40. The molecule has 6 nitrogen and oxygen atoms in total. The van der Waals surface area contributed by atoms with Gasteiger partial charge in [0.2, 0.25) is 0 Å². The highest BCUT2D eigenvalue weighted by atomic mass is 32.2. The van der Waals surface area contributed by atoms with Crippen molar-refractivity contribution in [1.82, 2.24) is 0 Å². The predicted molar refractivity (Wildman–Crippen MR) is 137 cm³/mol. The van der Waals surface area contributed by atoms with Gasteiger partial charge >= 0.3 is 0 Å². The second-order valence-corrected chi connectivity index (χ2v) is 14.7. The number of hydrogen-bond donors (Lipinski definition) is 1. The number of hydrogen-bond acceptors (Lipinski definition) is 6. The number of aliphatic hydroxyl groups excluding tert-OH is 1. The molecule has 8 heteroatoms. The number of rotatable bonds is 5. The van der Waals surface area contributed by atoms with Crippen LogP contribution in [0.25, 0.3) is 0 Å². The molecule has 1 heterocycles. The predicted octanol–water partition coefficient (Wildman–Crippen LogP) is 4.78. The smallest absolute Gasteiger partial charge is 0.178 e. The molecule has 192 valence electrons. The summed E-state index contributed by atoms with van der Waals surface area (Å²) in [5.74, 6) is -0.0184. The fraction of sp³-hybridized carbons (Fsp3) is 0.538. The first kappa shape index (κ1) is 30.3. The van der Waals surface area contributed by atoms with Crippen LogP contribution in [-0.4, -0.2) is 52.8 Å². The summed E-state index contributed by atoms with van der Waals surface area (Å²) in [6.45, 7) is 13.3. The maximum Gasteiger partial charge on any atom is 0.178 e. The lowest BCUT2D eigenvalue weighted by atomic mass is 9.88. The van der Waals surface area contributed by atoms with Gasteiger partial charge in [0.15, 0.2) is 19.7 Å². The second kappa shape index (κ2) is 12.3. The van der Waals surface area contributed by atoms with E-state index in [1.54, 1.807) is 60.7 Å². The van der Waals surface area contributed by atoms with E-state index in [0.29, 0.717) is 21.3 Å². The molecule has 3 rings (SSSR count). The summed E-state index contributed by atoms with van der Waals surface area (Å²) in [5.41, 5.74) is 0.103. The lowest BCUT2D eigenvalue weighted by molar-refractivity contribution is 0.0607. The van der Waals surface area contributed by atoms with E-state index in [9.17, 15) is 21.9 Å². The van der Waals surface area contributed by atoms with Crippen LogP contribution < -0.4 is 0 Å². The van der Waals surface area contributed by atoms with Crippen LogP contribution in [0.5, 0.6) is 0 Å². The van der Waals surface area contributed by atoms with Gasteiger partial charge in [0.25, 0.3) is 0 Å². The Bertz CT molecular complexity index is 1060. The summed E-state index contributed by atoms with van der Waals surface area (Å²) in [7, 11) is -6.28. The molecule has 1 aliphatic rings. The molecule has 0 amide bonds. The van der Waals surface area contributed by atoms with Gasteiger partial charge in [-0.1, -0.05) is 77.9 Å². The standard InChI is InChI=1S/C13H20O3S.C7H8O2S.C6H12O/c1-13(2,3)12(14)9-10-17(15,16)11-7-5-4-6-8-11;1-10(8,9)7-5-3-2-4-6-7;1-6(2,3)5-4-7-5/h4-8,12,14H,9-10H2,1-3H3;2-6H,1H3;5H,4H2,1-3H3/t12-;;5-/m0.0/s1. The molecule has 0 bridgehead atoms. The maximum atomic E-state index is 12.0. The highest BCUT2D eigenvalue weighted by Crippen LogP contribution is 2.30. The minimum atomic E-state index is -3.28. The van der Waals surface area contributed by atoms with E-state index < -0.39 is 25.8 Å². The highest BCUT2D eigenvalue weighted by Gasteiger charge is 2.35.